The molecule has 0 amide bonds. The summed E-state index contributed by atoms with van der Waals surface area (Å²) in [7, 11) is 0. The summed E-state index contributed by atoms with van der Waals surface area (Å²) >= 11 is 0. The minimum atomic E-state index is -0.287. The minimum Gasteiger partial charge on any atom is -0.322 e. The Hall–Kier alpha value is -0.0200. The number of hydrogen-bond donors (Lipinski definition) is 1. The molecule has 0 aliphatic carbocycles. The second-order valence-corrected chi connectivity index (χ2v) is 1.40. The van der Waals surface area contributed by atoms with Crippen LogP contribution in [0.4, 0.5) is 0 Å². The first-order valence-electron chi connectivity index (χ1n) is 1.90. The van der Waals surface area contributed by atoms with Crippen molar-refractivity contribution in [2.45, 2.75) is 19.9 Å². The Morgan fingerprint density at radius 2 is 1.86 bits per heavy atom. The van der Waals surface area contributed by atoms with E-state index < -0.39 is 0 Å². The Labute approximate surface area is 50.5 Å². The summed E-state index contributed by atoms with van der Waals surface area (Å²) < 4.78 is 0. The smallest absolute Gasteiger partial charge is 0.146 e. The fourth-order valence-electron chi connectivity index (χ4n) is 0. The van der Waals surface area contributed by atoms with Crippen molar-refractivity contribution in [3.05, 3.63) is 0 Å². The molecule has 2 nitrogen and oxygen atoms in total. The molecule has 0 aromatic carbocycles. The zero-order chi connectivity index (χ0) is 5.15. The number of carbonyl (C=O) groups excluding carboxylic acids is 1. The molecular formula is C4H11NOS. The molecule has 0 saturated carbocycles. The van der Waals surface area contributed by atoms with Crippen LogP contribution in [0.15, 0.2) is 0 Å². The van der Waals surface area contributed by atoms with Crippen LogP contribution >= 0.6 is 13.5 Å². The van der Waals surface area contributed by atoms with Gasteiger partial charge in [-0.15, -0.1) is 0 Å². The molecule has 3 heteroatoms. The number of Topliss-reactive ketones (excluding diaryl/α,β-unsaturated/α-hetero) is 1. The van der Waals surface area contributed by atoms with Crippen molar-refractivity contribution < 1.29 is 4.79 Å². The monoisotopic (exact) mass is 121 g/mol. The summed E-state index contributed by atoms with van der Waals surface area (Å²) in [5.74, 6) is 0.0370. The summed E-state index contributed by atoms with van der Waals surface area (Å²) in [5, 5.41) is 0. The van der Waals surface area contributed by atoms with E-state index in [4.69, 9.17) is 5.73 Å². The van der Waals surface area contributed by atoms with Crippen LogP contribution in [0.2, 0.25) is 0 Å². The number of rotatable bonds is 1. The lowest BCUT2D eigenvalue weighted by atomic mass is 10.3. The van der Waals surface area contributed by atoms with Gasteiger partial charge in [-0.25, -0.2) is 0 Å². The first-order chi connectivity index (χ1) is 2.64. The number of hydrogen-bond acceptors (Lipinski definition) is 2. The first kappa shape index (κ1) is 10.1. The molecule has 0 aliphatic rings. The fraction of sp³-hybridized carbons (Fsp3) is 0.750. The highest BCUT2D eigenvalue weighted by molar-refractivity contribution is 7.59. The van der Waals surface area contributed by atoms with E-state index in [1.54, 1.807) is 6.92 Å². The maximum atomic E-state index is 10.0. The summed E-state index contributed by atoms with van der Waals surface area (Å²) in [6, 6.07) is -0.287. The van der Waals surface area contributed by atoms with E-state index in [1.165, 1.54) is 6.92 Å². The Kier molecular flexibility index (Phi) is 5.96. The van der Waals surface area contributed by atoms with Gasteiger partial charge in [-0.1, -0.05) is 0 Å². The van der Waals surface area contributed by atoms with E-state index in [0.717, 1.165) is 0 Å². The van der Waals surface area contributed by atoms with Crippen LogP contribution < -0.4 is 5.73 Å². The summed E-state index contributed by atoms with van der Waals surface area (Å²) in [6.45, 7) is 3.15. The molecule has 0 rings (SSSR count). The van der Waals surface area contributed by atoms with Crippen LogP contribution in [0, 0.1) is 0 Å². The van der Waals surface area contributed by atoms with Gasteiger partial charge in [0, 0.05) is 0 Å². The zero-order valence-electron chi connectivity index (χ0n) is 4.56. The maximum Gasteiger partial charge on any atom is 0.146 e. The van der Waals surface area contributed by atoms with Crippen molar-refractivity contribution in [1.29, 1.82) is 0 Å². The van der Waals surface area contributed by atoms with Crippen LogP contribution in [-0.4, -0.2) is 11.8 Å². The van der Waals surface area contributed by atoms with E-state index in [0.29, 0.717) is 0 Å². The van der Waals surface area contributed by atoms with Gasteiger partial charge in [0.2, 0.25) is 0 Å². The molecule has 1 atom stereocenters. The normalized spacial score (nSPS) is 11.9. The van der Waals surface area contributed by atoms with E-state index >= 15 is 0 Å². The zero-order valence-corrected chi connectivity index (χ0v) is 5.56. The van der Waals surface area contributed by atoms with Gasteiger partial charge in [-0.05, 0) is 13.8 Å². The highest BCUT2D eigenvalue weighted by Crippen LogP contribution is 1.72. The lowest BCUT2D eigenvalue weighted by Gasteiger charge is -1.91. The Bertz CT molecular complexity index is 62.7. The van der Waals surface area contributed by atoms with Crippen molar-refractivity contribution in [2.75, 3.05) is 0 Å². The number of ketones is 1. The van der Waals surface area contributed by atoms with E-state index in [2.05, 4.69) is 0 Å². The molecule has 0 bridgehead atoms. The van der Waals surface area contributed by atoms with Crippen molar-refractivity contribution >= 4 is 19.3 Å². The Balaban J connectivity index is 0. The van der Waals surface area contributed by atoms with Crippen LogP contribution in [0.5, 0.6) is 0 Å². The second-order valence-electron chi connectivity index (χ2n) is 1.40. The maximum absolute atomic E-state index is 10.0. The van der Waals surface area contributed by atoms with Crippen molar-refractivity contribution in [3.63, 3.8) is 0 Å². The summed E-state index contributed by atoms with van der Waals surface area (Å²) in [4.78, 5) is 10.0. The molecule has 0 saturated heterocycles. The van der Waals surface area contributed by atoms with Crippen LogP contribution in [0.3, 0.4) is 0 Å². The predicted molar refractivity (Wildman–Crippen MR) is 34.7 cm³/mol. The average molecular weight is 121 g/mol. The molecule has 2 N–H and O–H groups in total. The SMILES string of the molecule is CC(=O)C(C)N.S. The molecular weight excluding hydrogens is 110 g/mol. The molecule has 0 radical (unpaired) electrons. The minimum absolute atomic E-state index is 0. The molecule has 1 unspecified atom stereocenters. The van der Waals surface area contributed by atoms with Gasteiger partial charge in [-0.2, -0.15) is 13.5 Å². The summed E-state index contributed by atoms with van der Waals surface area (Å²) in [5.41, 5.74) is 5.09. The van der Waals surface area contributed by atoms with Gasteiger partial charge < -0.3 is 5.73 Å². The largest absolute Gasteiger partial charge is 0.322 e. The van der Waals surface area contributed by atoms with E-state index in [1.807, 2.05) is 0 Å². The molecule has 0 heterocycles. The molecule has 7 heavy (non-hydrogen) atoms. The van der Waals surface area contributed by atoms with Gasteiger partial charge in [0.25, 0.3) is 0 Å². The molecule has 0 aromatic rings. The molecule has 44 valence electrons. The van der Waals surface area contributed by atoms with Gasteiger partial charge in [0.05, 0.1) is 6.04 Å². The Morgan fingerprint density at radius 1 is 1.71 bits per heavy atom. The highest BCUT2D eigenvalue weighted by atomic mass is 32.1. The van der Waals surface area contributed by atoms with Crippen molar-refractivity contribution in [2.24, 2.45) is 5.73 Å². The average Bonchev–Trinajstić information content (AvgIpc) is 1.36. The van der Waals surface area contributed by atoms with Gasteiger partial charge in [0.1, 0.15) is 5.78 Å². The third kappa shape index (κ3) is 5.98. The molecule has 0 spiro atoms. The van der Waals surface area contributed by atoms with Gasteiger partial charge >= 0.3 is 0 Å². The third-order valence-corrected chi connectivity index (χ3v) is 0.641. The lowest BCUT2D eigenvalue weighted by Crippen LogP contribution is -2.23. The summed E-state index contributed by atoms with van der Waals surface area (Å²) in [6.07, 6.45) is 0. The molecule has 0 fully saturated rings. The predicted octanol–water partition coefficient (Wildman–Crippen LogP) is 0.0354. The topological polar surface area (TPSA) is 43.1 Å². The third-order valence-electron chi connectivity index (χ3n) is 0.641. The number of carbonyl (C=O) groups is 1. The van der Waals surface area contributed by atoms with E-state index in [9.17, 15) is 4.79 Å². The van der Waals surface area contributed by atoms with E-state index in [-0.39, 0.29) is 25.3 Å². The van der Waals surface area contributed by atoms with Gasteiger partial charge in [0.15, 0.2) is 0 Å². The van der Waals surface area contributed by atoms with Crippen LogP contribution in [0.25, 0.3) is 0 Å². The number of nitrogens with two attached hydrogens (primary N) is 1. The van der Waals surface area contributed by atoms with Crippen LogP contribution in [-0.2, 0) is 4.79 Å². The lowest BCUT2D eigenvalue weighted by molar-refractivity contribution is -0.117. The molecule has 0 aliphatic heterocycles. The van der Waals surface area contributed by atoms with Crippen LogP contribution in [0.1, 0.15) is 13.8 Å². The molecule has 0 aromatic heterocycles. The first-order valence-corrected chi connectivity index (χ1v) is 1.90. The quantitative estimate of drug-likeness (QED) is 0.532. The highest BCUT2D eigenvalue weighted by Gasteiger charge is 1.95. The van der Waals surface area contributed by atoms with Gasteiger partial charge in [-0.3, -0.25) is 4.79 Å². The Morgan fingerprint density at radius 3 is 1.86 bits per heavy atom. The fourth-order valence-corrected chi connectivity index (χ4v) is 0. The van der Waals surface area contributed by atoms with Crippen molar-refractivity contribution in [3.8, 4) is 0 Å². The standard InChI is InChI=1S/C4H9NO.H2S/c1-3(5)4(2)6;/h3H,5H2,1-2H3;1H2. The second kappa shape index (κ2) is 4.15. The van der Waals surface area contributed by atoms with Crippen molar-refractivity contribution in [1.82, 2.24) is 0 Å².